The number of hydrogen-bond donors (Lipinski definition) is 1. The van der Waals surface area contributed by atoms with Gasteiger partial charge in [0, 0.05) is 18.2 Å². The quantitative estimate of drug-likeness (QED) is 0.530. The van der Waals surface area contributed by atoms with E-state index in [0.29, 0.717) is 11.6 Å². The van der Waals surface area contributed by atoms with Crippen molar-refractivity contribution in [2.75, 3.05) is 5.73 Å². The highest BCUT2D eigenvalue weighted by molar-refractivity contribution is 5.76. The smallest absolute Gasteiger partial charge is 0.183 e. The Morgan fingerprint density at radius 1 is 1.40 bits per heavy atom. The standard InChI is InChI=1S/C5H5N5/c6-4-3-1-2-7-5(3)9-10-8-4/h2H,1H2,(H2,6,8,9). The second-order valence-corrected chi connectivity index (χ2v) is 1.99. The molecule has 0 atom stereocenters. The van der Waals surface area contributed by atoms with Crippen LogP contribution in [0.2, 0.25) is 0 Å². The maximum absolute atomic E-state index is 5.48. The van der Waals surface area contributed by atoms with Crippen LogP contribution in [0.15, 0.2) is 4.99 Å². The number of hydrogen-bond acceptors (Lipinski definition) is 5. The molecule has 0 spiro atoms. The summed E-state index contributed by atoms with van der Waals surface area (Å²) in [5.41, 5.74) is 6.36. The van der Waals surface area contributed by atoms with Gasteiger partial charge in [0.05, 0.1) is 0 Å². The molecule has 50 valence electrons. The zero-order valence-electron chi connectivity index (χ0n) is 5.15. The van der Waals surface area contributed by atoms with Crippen LogP contribution >= 0.6 is 0 Å². The maximum atomic E-state index is 5.48. The number of aliphatic imine (C=N–C) groups is 1. The zero-order valence-corrected chi connectivity index (χ0v) is 5.15. The molecule has 0 fully saturated rings. The molecule has 0 radical (unpaired) electrons. The Morgan fingerprint density at radius 3 is 3.10 bits per heavy atom. The summed E-state index contributed by atoms with van der Waals surface area (Å²) in [6.07, 6.45) is 2.47. The van der Waals surface area contributed by atoms with Gasteiger partial charge in [-0.15, -0.1) is 10.2 Å². The summed E-state index contributed by atoms with van der Waals surface area (Å²) < 4.78 is 0. The first-order chi connectivity index (χ1) is 4.88. The van der Waals surface area contributed by atoms with Crippen LogP contribution in [0, 0.1) is 0 Å². The highest BCUT2D eigenvalue weighted by Crippen LogP contribution is 2.22. The number of rotatable bonds is 0. The van der Waals surface area contributed by atoms with Crippen molar-refractivity contribution in [2.24, 2.45) is 4.99 Å². The normalized spacial score (nSPS) is 13.6. The number of anilines is 1. The molecule has 5 nitrogen and oxygen atoms in total. The molecular formula is C5H5N5. The highest BCUT2D eigenvalue weighted by atomic mass is 15.3. The van der Waals surface area contributed by atoms with Crippen molar-refractivity contribution in [1.29, 1.82) is 0 Å². The van der Waals surface area contributed by atoms with Gasteiger partial charge >= 0.3 is 0 Å². The Labute approximate surface area is 57.0 Å². The number of fused-ring (bicyclic) bond motifs is 1. The Kier molecular flexibility index (Phi) is 0.913. The van der Waals surface area contributed by atoms with Gasteiger partial charge in [-0.2, -0.15) is 0 Å². The number of nitrogens with zero attached hydrogens (tertiary/aromatic N) is 4. The monoisotopic (exact) mass is 135 g/mol. The van der Waals surface area contributed by atoms with Crippen LogP contribution in [-0.4, -0.2) is 21.6 Å². The Hall–Kier alpha value is -1.52. The van der Waals surface area contributed by atoms with E-state index in [1.54, 1.807) is 6.21 Å². The minimum atomic E-state index is 0.433. The molecule has 5 heteroatoms. The fraction of sp³-hybridized carbons (Fsp3) is 0.200. The molecule has 1 aliphatic rings. The van der Waals surface area contributed by atoms with Crippen molar-refractivity contribution >= 4 is 17.9 Å². The third-order valence-electron chi connectivity index (χ3n) is 1.38. The lowest BCUT2D eigenvalue weighted by Crippen LogP contribution is -1.99. The van der Waals surface area contributed by atoms with E-state index in [0.717, 1.165) is 12.0 Å². The van der Waals surface area contributed by atoms with Crippen molar-refractivity contribution in [1.82, 2.24) is 15.4 Å². The van der Waals surface area contributed by atoms with Crippen molar-refractivity contribution in [3.8, 4) is 0 Å². The van der Waals surface area contributed by atoms with E-state index in [1.807, 2.05) is 0 Å². The van der Waals surface area contributed by atoms with Crippen LogP contribution in [0.25, 0.3) is 0 Å². The first-order valence-electron chi connectivity index (χ1n) is 2.88. The highest BCUT2D eigenvalue weighted by Gasteiger charge is 2.11. The van der Waals surface area contributed by atoms with Gasteiger partial charge in [-0.05, 0) is 5.21 Å². The van der Waals surface area contributed by atoms with Gasteiger partial charge in [0.1, 0.15) is 0 Å². The Bertz CT molecular complexity index is 292. The summed E-state index contributed by atoms with van der Waals surface area (Å²) in [5, 5.41) is 10.7. The van der Waals surface area contributed by atoms with Gasteiger partial charge in [0.15, 0.2) is 11.6 Å². The Morgan fingerprint density at radius 2 is 2.30 bits per heavy atom. The molecule has 1 aromatic rings. The predicted octanol–water partition coefficient (Wildman–Crippen LogP) is -0.288. The van der Waals surface area contributed by atoms with Gasteiger partial charge in [0.25, 0.3) is 0 Å². The average molecular weight is 135 g/mol. The van der Waals surface area contributed by atoms with Gasteiger partial charge in [-0.3, -0.25) is 0 Å². The molecule has 0 aromatic carbocycles. The molecule has 1 aromatic heterocycles. The van der Waals surface area contributed by atoms with Crippen molar-refractivity contribution in [3.63, 3.8) is 0 Å². The SMILES string of the molecule is Nc1nnnc2c1CC=N2. The van der Waals surface area contributed by atoms with E-state index < -0.39 is 0 Å². The molecular weight excluding hydrogens is 130 g/mol. The van der Waals surface area contributed by atoms with E-state index in [9.17, 15) is 0 Å². The number of nitrogens with two attached hydrogens (primary N) is 1. The van der Waals surface area contributed by atoms with Gasteiger partial charge in [-0.1, -0.05) is 0 Å². The van der Waals surface area contributed by atoms with Gasteiger partial charge in [-0.25, -0.2) is 4.99 Å². The summed E-state index contributed by atoms with van der Waals surface area (Å²) in [4.78, 5) is 3.94. The first-order valence-corrected chi connectivity index (χ1v) is 2.88. The minimum absolute atomic E-state index is 0.433. The second-order valence-electron chi connectivity index (χ2n) is 1.99. The molecule has 1 aliphatic heterocycles. The largest absolute Gasteiger partial charge is 0.382 e. The lowest BCUT2D eigenvalue weighted by Gasteiger charge is -1.94. The molecule has 0 bridgehead atoms. The molecule has 0 unspecified atom stereocenters. The van der Waals surface area contributed by atoms with Crippen LogP contribution in [-0.2, 0) is 6.42 Å². The van der Waals surface area contributed by atoms with Crippen molar-refractivity contribution < 1.29 is 0 Å². The van der Waals surface area contributed by atoms with E-state index in [1.165, 1.54) is 0 Å². The fourth-order valence-corrected chi connectivity index (χ4v) is 0.871. The fourth-order valence-electron chi connectivity index (χ4n) is 0.871. The van der Waals surface area contributed by atoms with Crippen LogP contribution in [0.3, 0.4) is 0 Å². The van der Waals surface area contributed by atoms with E-state index in [2.05, 4.69) is 20.4 Å². The molecule has 0 saturated carbocycles. The summed E-state index contributed by atoms with van der Waals surface area (Å²) in [7, 11) is 0. The molecule has 0 amide bonds. The molecule has 0 saturated heterocycles. The minimum Gasteiger partial charge on any atom is -0.382 e. The van der Waals surface area contributed by atoms with E-state index in [-0.39, 0.29) is 0 Å². The second kappa shape index (κ2) is 1.73. The molecule has 10 heavy (non-hydrogen) atoms. The predicted molar refractivity (Wildman–Crippen MR) is 36.1 cm³/mol. The van der Waals surface area contributed by atoms with Crippen LogP contribution in [0.4, 0.5) is 11.6 Å². The van der Waals surface area contributed by atoms with Gasteiger partial charge < -0.3 is 5.73 Å². The summed E-state index contributed by atoms with van der Waals surface area (Å²) in [6.45, 7) is 0. The summed E-state index contributed by atoms with van der Waals surface area (Å²) in [6, 6.07) is 0. The zero-order chi connectivity index (χ0) is 6.97. The van der Waals surface area contributed by atoms with Crippen molar-refractivity contribution in [3.05, 3.63) is 5.56 Å². The topological polar surface area (TPSA) is 77.0 Å². The molecule has 2 N–H and O–H groups in total. The molecule has 0 aliphatic carbocycles. The average Bonchev–Trinajstić information content (AvgIpc) is 2.36. The van der Waals surface area contributed by atoms with Gasteiger partial charge in [0.2, 0.25) is 0 Å². The first kappa shape index (κ1) is 5.28. The molecule has 2 rings (SSSR count). The van der Waals surface area contributed by atoms with E-state index >= 15 is 0 Å². The summed E-state index contributed by atoms with van der Waals surface area (Å²) in [5.74, 6) is 1.04. The lowest BCUT2D eigenvalue weighted by atomic mass is 10.2. The number of nitrogen functional groups attached to an aromatic ring is 1. The maximum Gasteiger partial charge on any atom is 0.183 e. The van der Waals surface area contributed by atoms with Crippen LogP contribution < -0.4 is 5.73 Å². The summed E-state index contributed by atoms with van der Waals surface area (Å²) >= 11 is 0. The Balaban J connectivity index is 2.66. The molecule has 2 heterocycles. The van der Waals surface area contributed by atoms with E-state index in [4.69, 9.17) is 5.73 Å². The third-order valence-corrected chi connectivity index (χ3v) is 1.38. The van der Waals surface area contributed by atoms with Crippen LogP contribution in [0.5, 0.6) is 0 Å². The third kappa shape index (κ3) is 0.570. The van der Waals surface area contributed by atoms with Crippen LogP contribution in [0.1, 0.15) is 5.56 Å². The lowest BCUT2D eigenvalue weighted by molar-refractivity contribution is 0.866. The van der Waals surface area contributed by atoms with Crippen molar-refractivity contribution in [2.45, 2.75) is 6.42 Å². The number of aromatic nitrogens is 3.